The van der Waals surface area contributed by atoms with Crippen LogP contribution in [-0.2, 0) is 15.4 Å². The van der Waals surface area contributed by atoms with Crippen LogP contribution in [0.5, 0.6) is 17.2 Å². The molecule has 0 radical (unpaired) electrons. The van der Waals surface area contributed by atoms with Gasteiger partial charge in [0.1, 0.15) is 23.9 Å². The highest BCUT2D eigenvalue weighted by molar-refractivity contribution is 5.84. The summed E-state index contributed by atoms with van der Waals surface area (Å²) in [7, 11) is 2.08. The number of hydrogen-bond acceptors (Lipinski definition) is 6. The molecule has 1 unspecified atom stereocenters. The highest BCUT2D eigenvalue weighted by Gasteiger charge is 2.45. The number of para-hydroxylation sites is 2. The zero-order chi connectivity index (χ0) is 23.9. The molecule has 0 saturated carbocycles. The van der Waals surface area contributed by atoms with Crippen LogP contribution >= 0.6 is 0 Å². The Kier molecular flexibility index (Phi) is 7.16. The molecule has 5 rings (SSSR count). The molecular weight excluding hydrogens is 444 g/mol. The first-order chi connectivity index (χ1) is 17.2. The molecule has 2 fully saturated rings. The fourth-order valence-corrected chi connectivity index (χ4v) is 4.21. The van der Waals surface area contributed by atoms with Crippen molar-refractivity contribution < 1.29 is 23.7 Å². The van der Waals surface area contributed by atoms with Crippen molar-refractivity contribution in [3.63, 3.8) is 0 Å². The van der Waals surface area contributed by atoms with Crippen molar-refractivity contribution in [1.82, 2.24) is 4.90 Å². The molecule has 0 aliphatic carbocycles. The van der Waals surface area contributed by atoms with Crippen LogP contribution in [0.1, 0.15) is 12.0 Å². The molecule has 182 valence electrons. The zero-order valence-corrected chi connectivity index (χ0v) is 19.8. The minimum atomic E-state index is -1.24. The van der Waals surface area contributed by atoms with E-state index in [0.717, 1.165) is 35.9 Å². The average Bonchev–Trinajstić information content (AvgIpc) is 3.23. The minimum Gasteiger partial charge on any atom is -0.493 e. The van der Waals surface area contributed by atoms with Gasteiger partial charge in [0.05, 0.1) is 24.6 Å². The summed E-state index contributed by atoms with van der Waals surface area (Å²) in [6, 6.07) is 27.0. The third-order valence-corrected chi connectivity index (χ3v) is 6.01. The Balaban J connectivity index is 1.13. The normalized spacial score (nSPS) is 19.9. The van der Waals surface area contributed by atoms with Gasteiger partial charge in [0.25, 0.3) is 0 Å². The van der Waals surface area contributed by atoms with E-state index in [1.807, 2.05) is 84.9 Å². The van der Waals surface area contributed by atoms with E-state index in [-0.39, 0.29) is 6.79 Å². The number of hydrogen-bond donors (Lipinski definition) is 0. The van der Waals surface area contributed by atoms with E-state index in [9.17, 15) is 0 Å². The lowest BCUT2D eigenvalue weighted by atomic mass is 10.1. The highest BCUT2D eigenvalue weighted by Crippen LogP contribution is 2.38. The number of nitrogens with zero attached hydrogens (tertiary/aromatic N) is 2. The number of likely N-dealkylation sites (tertiary alicyclic amines) is 1. The molecule has 2 aliphatic rings. The molecule has 0 aromatic heterocycles. The van der Waals surface area contributed by atoms with Crippen LogP contribution in [0.2, 0.25) is 0 Å². The second-order valence-electron chi connectivity index (χ2n) is 8.63. The van der Waals surface area contributed by atoms with Gasteiger partial charge in [-0.15, -0.1) is 0 Å². The Bertz CT molecular complexity index is 1120. The molecule has 1 atom stereocenters. The predicted molar refractivity (Wildman–Crippen MR) is 133 cm³/mol. The molecule has 7 nitrogen and oxygen atoms in total. The van der Waals surface area contributed by atoms with E-state index in [1.54, 1.807) is 0 Å². The Morgan fingerprint density at radius 3 is 2.31 bits per heavy atom. The monoisotopic (exact) mass is 474 g/mol. The fraction of sp³-hybridized carbons (Fsp3) is 0.321. The van der Waals surface area contributed by atoms with Crippen molar-refractivity contribution in [1.29, 1.82) is 0 Å². The van der Waals surface area contributed by atoms with E-state index >= 15 is 0 Å². The number of ether oxygens (including phenoxy) is 5. The van der Waals surface area contributed by atoms with E-state index < -0.39 is 5.97 Å². The van der Waals surface area contributed by atoms with E-state index in [0.29, 0.717) is 31.4 Å². The van der Waals surface area contributed by atoms with Gasteiger partial charge in [-0.2, -0.15) is 0 Å². The predicted octanol–water partition coefficient (Wildman–Crippen LogP) is 4.69. The molecule has 0 amide bonds. The molecule has 0 N–H and O–H groups in total. The Morgan fingerprint density at radius 1 is 0.886 bits per heavy atom. The maximum atomic E-state index is 6.15. The lowest BCUT2D eigenvalue weighted by Crippen LogP contribution is -2.48. The third-order valence-electron chi connectivity index (χ3n) is 6.01. The number of amidine groups is 1. The molecule has 7 heteroatoms. The van der Waals surface area contributed by atoms with Crippen molar-refractivity contribution in [3.05, 3.63) is 90.5 Å². The van der Waals surface area contributed by atoms with Crippen LogP contribution in [0.15, 0.2) is 89.9 Å². The van der Waals surface area contributed by atoms with Gasteiger partial charge in [-0.1, -0.05) is 42.5 Å². The van der Waals surface area contributed by atoms with Gasteiger partial charge in [0.15, 0.2) is 6.79 Å². The molecule has 3 aromatic carbocycles. The lowest BCUT2D eigenvalue weighted by Gasteiger charge is -2.40. The molecule has 2 aliphatic heterocycles. The SMILES string of the molecule is CN1CC(COc2cccc(C3(Oc4ccccc4)OCO3)c2)CC1=NCCOc1ccccc1. The smallest absolute Gasteiger partial charge is 0.360 e. The molecule has 35 heavy (non-hydrogen) atoms. The maximum absolute atomic E-state index is 6.15. The van der Waals surface area contributed by atoms with Crippen molar-refractivity contribution >= 4 is 5.84 Å². The van der Waals surface area contributed by atoms with Crippen LogP contribution in [0.25, 0.3) is 0 Å². The first-order valence-electron chi connectivity index (χ1n) is 11.9. The molecule has 2 heterocycles. The van der Waals surface area contributed by atoms with E-state index in [4.69, 9.17) is 28.7 Å². The summed E-state index contributed by atoms with van der Waals surface area (Å²) in [5.41, 5.74) is 0.759. The van der Waals surface area contributed by atoms with Gasteiger partial charge >= 0.3 is 5.97 Å². The van der Waals surface area contributed by atoms with Crippen LogP contribution in [0, 0.1) is 5.92 Å². The summed E-state index contributed by atoms with van der Waals surface area (Å²) in [5.74, 6) is 2.51. The molecule has 3 aromatic rings. The summed E-state index contributed by atoms with van der Waals surface area (Å²) in [6.45, 7) is 2.89. The van der Waals surface area contributed by atoms with Crippen molar-refractivity contribution in [2.75, 3.05) is 40.1 Å². The Hall–Kier alpha value is -3.55. The van der Waals surface area contributed by atoms with E-state index in [2.05, 4.69) is 11.9 Å². The second kappa shape index (κ2) is 10.8. The molecular formula is C28H30N2O5. The topological polar surface area (TPSA) is 61.8 Å². The summed E-state index contributed by atoms with van der Waals surface area (Å²) in [5, 5.41) is 0. The summed E-state index contributed by atoms with van der Waals surface area (Å²) in [6.07, 6.45) is 0.884. The van der Waals surface area contributed by atoms with Crippen molar-refractivity contribution in [3.8, 4) is 17.2 Å². The molecule has 2 saturated heterocycles. The van der Waals surface area contributed by atoms with Gasteiger partial charge in [-0.3, -0.25) is 14.5 Å². The molecule has 0 bridgehead atoms. The first kappa shape index (κ1) is 23.2. The third kappa shape index (κ3) is 5.75. The van der Waals surface area contributed by atoms with Gasteiger partial charge < -0.3 is 19.1 Å². The van der Waals surface area contributed by atoms with Crippen LogP contribution in [0.3, 0.4) is 0 Å². The number of rotatable bonds is 10. The summed E-state index contributed by atoms with van der Waals surface area (Å²) >= 11 is 0. The van der Waals surface area contributed by atoms with Gasteiger partial charge in [-0.25, -0.2) is 0 Å². The number of benzene rings is 3. The largest absolute Gasteiger partial charge is 0.493 e. The minimum absolute atomic E-state index is 0.185. The van der Waals surface area contributed by atoms with Crippen LogP contribution in [-0.4, -0.2) is 50.9 Å². The first-order valence-corrected chi connectivity index (χ1v) is 11.9. The second-order valence-corrected chi connectivity index (χ2v) is 8.63. The lowest BCUT2D eigenvalue weighted by molar-refractivity contribution is -0.489. The zero-order valence-electron chi connectivity index (χ0n) is 19.8. The average molecular weight is 475 g/mol. The standard InChI is InChI=1S/C28H30N2O5/c1-30-19-22(17-27(30)29-15-16-31-24-10-4-2-5-11-24)20-32-26-14-8-9-23(18-26)28(33-21-34-28)35-25-12-6-3-7-13-25/h2-14,18,22H,15-17,19-21H2,1H3. The number of aliphatic imine (C=N–C) groups is 1. The van der Waals surface area contributed by atoms with E-state index in [1.165, 1.54) is 0 Å². The summed E-state index contributed by atoms with van der Waals surface area (Å²) < 4.78 is 29.3. The van der Waals surface area contributed by atoms with Crippen molar-refractivity contribution in [2.45, 2.75) is 12.4 Å². The van der Waals surface area contributed by atoms with Crippen LogP contribution < -0.4 is 14.2 Å². The molecule has 0 spiro atoms. The Morgan fingerprint density at radius 2 is 1.60 bits per heavy atom. The van der Waals surface area contributed by atoms with Gasteiger partial charge in [0.2, 0.25) is 0 Å². The van der Waals surface area contributed by atoms with Gasteiger partial charge in [0, 0.05) is 25.9 Å². The van der Waals surface area contributed by atoms with Gasteiger partial charge in [-0.05, 0) is 42.5 Å². The van der Waals surface area contributed by atoms with Crippen LogP contribution in [0.4, 0.5) is 0 Å². The van der Waals surface area contributed by atoms with Crippen molar-refractivity contribution in [2.24, 2.45) is 10.9 Å². The highest BCUT2D eigenvalue weighted by atomic mass is 17.0. The maximum Gasteiger partial charge on any atom is 0.360 e. The fourth-order valence-electron chi connectivity index (χ4n) is 4.21. The Labute approximate surface area is 205 Å². The summed E-state index contributed by atoms with van der Waals surface area (Å²) in [4.78, 5) is 6.94. The quantitative estimate of drug-likeness (QED) is 0.398.